The number of benzene rings is 1. The topological polar surface area (TPSA) is 118 Å². The Kier molecular flexibility index (Phi) is 6.11. The summed E-state index contributed by atoms with van der Waals surface area (Å²) in [6.45, 7) is 2.58. The van der Waals surface area contributed by atoms with Crippen LogP contribution in [-0.2, 0) is 28.0 Å². The zero-order valence-corrected chi connectivity index (χ0v) is 18.3. The maximum absolute atomic E-state index is 12.6. The molecule has 0 atom stereocenters. The van der Waals surface area contributed by atoms with Crippen LogP contribution in [0.4, 0.5) is 11.4 Å². The number of carbonyl (C=O) groups excluding carboxylic acids is 3. The molecular weight excluding hydrogens is 412 g/mol. The van der Waals surface area contributed by atoms with Crippen molar-refractivity contribution < 1.29 is 14.4 Å². The van der Waals surface area contributed by atoms with Gasteiger partial charge in [-0.15, -0.1) is 0 Å². The second kappa shape index (κ2) is 8.97. The number of amides is 3. The number of hydrogen-bond acceptors (Lipinski definition) is 5. The molecule has 1 aliphatic carbocycles. The predicted molar refractivity (Wildman–Crippen MR) is 118 cm³/mol. The van der Waals surface area contributed by atoms with E-state index < -0.39 is 0 Å². The first kappa shape index (κ1) is 21.8. The Hall–Kier alpha value is -3.43. The number of hydrogen-bond donors (Lipinski definition) is 2. The van der Waals surface area contributed by atoms with Crippen LogP contribution in [0.25, 0.3) is 0 Å². The van der Waals surface area contributed by atoms with Crippen molar-refractivity contribution in [3.8, 4) is 0 Å². The Morgan fingerprint density at radius 3 is 2.16 bits per heavy atom. The second-order valence-corrected chi connectivity index (χ2v) is 8.54. The third kappa shape index (κ3) is 4.90. The third-order valence-electron chi connectivity index (χ3n) is 5.96. The van der Waals surface area contributed by atoms with E-state index in [9.17, 15) is 19.2 Å². The molecule has 1 aliphatic heterocycles. The molecule has 2 aliphatic rings. The number of rotatable bonds is 6. The van der Waals surface area contributed by atoms with Crippen LogP contribution in [0.1, 0.15) is 44.3 Å². The molecule has 1 saturated carbocycles. The summed E-state index contributed by atoms with van der Waals surface area (Å²) in [7, 11) is 1.67. The average molecular weight is 441 g/mol. The van der Waals surface area contributed by atoms with E-state index in [-0.39, 0.29) is 41.8 Å². The second-order valence-electron chi connectivity index (χ2n) is 8.54. The van der Waals surface area contributed by atoms with Gasteiger partial charge in [0.05, 0.1) is 0 Å². The lowest BCUT2D eigenvalue weighted by molar-refractivity contribution is -0.133. The van der Waals surface area contributed by atoms with Crippen molar-refractivity contribution in [2.24, 2.45) is 13.0 Å². The molecule has 170 valence electrons. The van der Waals surface area contributed by atoms with E-state index in [1.54, 1.807) is 31.3 Å². The van der Waals surface area contributed by atoms with E-state index in [1.807, 2.05) is 4.90 Å². The van der Waals surface area contributed by atoms with Crippen LogP contribution in [-0.4, -0.2) is 50.1 Å². The molecule has 0 spiro atoms. The fraction of sp³-hybridized carbons (Fsp3) is 0.500. The van der Waals surface area contributed by atoms with Crippen LogP contribution in [0.15, 0.2) is 29.1 Å². The molecule has 2 N–H and O–H groups in total. The number of nitrogens with one attached hydrogen (secondary N) is 2. The van der Waals surface area contributed by atoms with E-state index in [2.05, 4.69) is 15.7 Å². The van der Waals surface area contributed by atoms with Crippen LogP contribution >= 0.6 is 0 Å². The maximum atomic E-state index is 12.6. The minimum Gasteiger partial charge on any atom is -0.342 e. The lowest BCUT2D eigenvalue weighted by Gasteiger charge is -2.31. The van der Waals surface area contributed by atoms with Gasteiger partial charge in [0.1, 0.15) is 12.4 Å². The SMILES string of the molecule is CC(=O)Nc1ccc(NC(=O)Cn2nc(C3CCN(C(=O)C4CC4)CC3)n(C)c2=O)cc1. The highest BCUT2D eigenvalue weighted by Gasteiger charge is 2.36. The van der Waals surface area contributed by atoms with Gasteiger partial charge in [0, 0.05) is 50.3 Å². The lowest BCUT2D eigenvalue weighted by Crippen LogP contribution is -2.39. The van der Waals surface area contributed by atoms with Crippen LogP contribution < -0.4 is 16.3 Å². The van der Waals surface area contributed by atoms with E-state index >= 15 is 0 Å². The van der Waals surface area contributed by atoms with Gasteiger partial charge in [0.15, 0.2) is 0 Å². The summed E-state index contributed by atoms with van der Waals surface area (Å²) in [5.41, 5.74) is 0.847. The first-order valence-corrected chi connectivity index (χ1v) is 10.9. The Morgan fingerprint density at radius 2 is 1.59 bits per heavy atom. The first-order valence-electron chi connectivity index (χ1n) is 10.9. The maximum Gasteiger partial charge on any atom is 0.346 e. The van der Waals surface area contributed by atoms with Crippen LogP contribution in [0, 0.1) is 5.92 Å². The summed E-state index contributed by atoms with van der Waals surface area (Å²) >= 11 is 0. The average Bonchev–Trinajstić information content (AvgIpc) is 3.58. The Morgan fingerprint density at radius 1 is 1.00 bits per heavy atom. The lowest BCUT2D eigenvalue weighted by atomic mass is 9.95. The van der Waals surface area contributed by atoms with Crippen molar-refractivity contribution in [2.45, 2.75) is 45.1 Å². The zero-order chi connectivity index (χ0) is 22.8. The highest BCUT2D eigenvalue weighted by molar-refractivity contribution is 5.92. The summed E-state index contributed by atoms with van der Waals surface area (Å²) in [5, 5.41) is 9.83. The molecular formula is C22H28N6O4. The summed E-state index contributed by atoms with van der Waals surface area (Å²) in [4.78, 5) is 50.3. The van der Waals surface area contributed by atoms with Gasteiger partial charge in [0.25, 0.3) is 0 Å². The van der Waals surface area contributed by atoms with Crippen molar-refractivity contribution >= 4 is 29.1 Å². The molecule has 0 radical (unpaired) electrons. The number of anilines is 2. The molecule has 10 nitrogen and oxygen atoms in total. The summed E-state index contributed by atoms with van der Waals surface area (Å²) in [5.74, 6) is 0.670. The molecule has 1 aromatic carbocycles. The molecule has 10 heteroatoms. The smallest absolute Gasteiger partial charge is 0.342 e. The molecule has 1 aromatic heterocycles. The van der Waals surface area contributed by atoms with E-state index in [0.29, 0.717) is 30.3 Å². The van der Waals surface area contributed by atoms with Gasteiger partial charge in [-0.2, -0.15) is 5.10 Å². The van der Waals surface area contributed by atoms with Gasteiger partial charge in [-0.25, -0.2) is 9.48 Å². The fourth-order valence-corrected chi connectivity index (χ4v) is 4.09. The van der Waals surface area contributed by atoms with Crippen molar-refractivity contribution in [1.82, 2.24) is 19.2 Å². The van der Waals surface area contributed by atoms with E-state index in [4.69, 9.17) is 0 Å². The van der Waals surface area contributed by atoms with Crippen molar-refractivity contribution in [3.63, 3.8) is 0 Å². The first-order chi connectivity index (χ1) is 15.3. The largest absolute Gasteiger partial charge is 0.346 e. The minimum atomic E-state index is -0.367. The van der Waals surface area contributed by atoms with Gasteiger partial charge >= 0.3 is 5.69 Å². The van der Waals surface area contributed by atoms with E-state index in [1.165, 1.54) is 16.2 Å². The Labute approximate surface area is 185 Å². The number of aromatic nitrogens is 3. The predicted octanol–water partition coefficient (Wildman–Crippen LogP) is 1.29. The van der Waals surface area contributed by atoms with Gasteiger partial charge in [-0.3, -0.25) is 19.0 Å². The quantitative estimate of drug-likeness (QED) is 0.702. The molecule has 4 rings (SSSR count). The number of likely N-dealkylation sites (tertiary alicyclic amines) is 1. The highest BCUT2D eigenvalue weighted by Crippen LogP contribution is 2.33. The molecule has 32 heavy (non-hydrogen) atoms. The standard InChI is InChI=1S/C22H28N6O4/c1-14(29)23-17-5-7-18(8-6-17)24-19(30)13-28-22(32)26(2)20(25-28)15-9-11-27(12-10-15)21(31)16-3-4-16/h5-8,15-16H,3-4,9-13H2,1-2H3,(H,23,29)(H,24,30). The summed E-state index contributed by atoms with van der Waals surface area (Å²) in [6, 6.07) is 6.71. The fourth-order valence-electron chi connectivity index (χ4n) is 4.09. The third-order valence-corrected chi connectivity index (χ3v) is 5.96. The Balaban J connectivity index is 1.36. The van der Waals surface area contributed by atoms with Crippen LogP contribution in [0.5, 0.6) is 0 Å². The summed E-state index contributed by atoms with van der Waals surface area (Å²) in [6.07, 6.45) is 3.52. The van der Waals surface area contributed by atoms with Gasteiger partial charge in [0.2, 0.25) is 17.7 Å². The highest BCUT2D eigenvalue weighted by atomic mass is 16.2. The molecule has 1 saturated heterocycles. The van der Waals surface area contributed by atoms with Crippen LogP contribution in [0.2, 0.25) is 0 Å². The number of piperidine rings is 1. The number of nitrogens with zero attached hydrogens (tertiary/aromatic N) is 4. The number of carbonyl (C=O) groups is 3. The molecule has 0 unspecified atom stereocenters. The molecule has 0 bridgehead atoms. The summed E-state index contributed by atoms with van der Waals surface area (Å²) < 4.78 is 2.68. The van der Waals surface area contributed by atoms with Gasteiger partial charge in [-0.05, 0) is 49.9 Å². The monoisotopic (exact) mass is 440 g/mol. The molecule has 3 amide bonds. The normalized spacial score (nSPS) is 16.6. The van der Waals surface area contributed by atoms with Crippen LogP contribution in [0.3, 0.4) is 0 Å². The minimum absolute atomic E-state index is 0.0848. The Bertz CT molecular complexity index is 1070. The van der Waals surface area contributed by atoms with Crippen molar-refractivity contribution in [2.75, 3.05) is 23.7 Å². The molecule has 2 heterocycles. The molecule has 2 aromatic rings. The van der Waals surface area contributed by atoms with Gasteiger partial charge in [-0.1, -0.05) is 0 Å². The van der Waals surface area contributed by atoms with E-state index in [0.717, 1.165) is 25.7 Å². The zero-order valence-electron chi connectivity index (χ0n) is 18.3. The molecule has 2 fully saturated rings. The van der Waals surface area contributed by atoms with Gasteiger partial charge < -0.3 is 15.5 Å². The van der Waals surface area contributed by atoms with Crippen molar-refractivity contribution in [3.05, 3.63) is 40.6 Å². The van der Waals surface area contributed by atoms with Crippen molar-refractivity contribution in [1.29, 1.82) is 0 Å².